The smallest absolute Gasteiger partial charge is 0.0139 e. The van der Waals surface area contributed by atoms with Crippen molar-refractivity contribution >= 4 is 12.4 Å². The van der Waals surface area contributed by atoms with E-state index in [-0.39, 0.29) is 12.4 Å². The van der Waals surface area contributed by atoms with E-state index in [1.165, 1.54) is 34.2 Å². The van der Waals surface area contributed by atoms with E-state index in [9.17, 15) is 0 Å². The van der Waals surface area contributed by atoms with Crippen molar-refractivity contribution in [3.8, 4) is 11.1 Å². The van der Waals surface area contributed by atoms with Gasteiger partial charge in [-0.05, 0) is 54.8 Å². The Morgan fingerprint density at radius 3 is 2.23 bits per heavy atom. The van der Waals surface area contributed by atoms with Gasteiger partial charge in [-0.2, -0.15) is 0 Å². The summed E-state index contributed by atoms with van der Waals surface area (Å²) in [6.07, 6.45) is 2.33. The van der Waals surface area contributed by atoms with Crippen LogP contribution in [0.2, 0.25) is 0 Å². The van der Waals surface area contributed by atoms with Gasteiger partial charge in [0.25, 0.3) is 0 Å². The lowest BCUT2D eigenvalue weighted by atomic mass is 9.76. The number of nitrogens with zero attached hydrogens (tertiary/aromatic N) is 1. The molecule has 0 fully saturated rings. The lowest BCUT2D eigenvalue weighted by Crippen LogP contribution is -2.35. The number of fused-ring (bicyclic) bond motifs is 1. The first-order valence-corrected chi connectivity index (χ1v) is 9.12. The van der Waals surface area contributed by atoms with Gasteiger partial charge in [0.2, 0.25) is 0 Å². The zero-order chi connectivity index (χ0) is 17.2. The van der Waals surface area contributed by atoms with E-state index in [0.717, 1.165) is 6.42 Å². The van der Waals surface area contributed by atoms with Crippen LogP contribution in [0.4, 0.5) is 0 Å². The summed E-state index contributed by atoms with van der Waals surface area (Å²) in [6.45, 7) is 0. The number of rotatable bonds is 3. The number of hydrogen-bond acceptors (Lipinski definition) is 1. The summed E-state index contributed by atoms with van der Waals surface area (Å²) < 4.78 is 0. The Balaban J connectivity index is 0.00000196. The van der Waals surface area contributed by atoms with Crippen LogP contribution in [0, 0.1) is 0 Å². The molecule has 0 aliphatic heterocycles. The topological polar surface area (TPSA) is 3.24 Å². The van der Waals surface area contributed by atoms with Crippen LogP contribution < -0.4 is 0 Å². The third kappa shape index (κ3) is 3.70. The Kier molecular flexibility index (Phi) is 5.80. The average Bonchev–Trinajstić information content (AvgIpc) is 2.68. The fraction of sp³-hybridized carbons (Fsp3) is 0.250. The van der Waals surface area contributed by atoms with Gasteiger partial charge in [-0.25, -0.2) is 0 Å². The van der Waals surface area contributed by atoms with E-state index in [2.05, 4.69) is 97.9 Å². The van der Waals surface area contributed by atoms with E-state index in [4.69, 9.17) is 0 Å². The highest BCUT2D eigenvalue weighted by atomic mass is 35.5. The summed E-state index contributed by atoms with van der Waals surface area (Å²) in [6, 6.07) is 29.4. The third-order valence-electron chi connectivity index (χ3n) is 5.52. The van der Waals surface area contributed by atoms with Crippen molar-refractivity contribution in [2.75, 3.05) is 14.1 Å². The van der Waals surface area contributed by atoms with Crippen molar-refractivity contribution in [1.29, 1.82) is 0 Å². The number of hydrogen-bond donors (Lipinski definition) is 0. The van der Waals surface area contributed by atoms with Gasteiger partial charge in [0.05, 0.1) is 0 Å². The minimum Gasteiger partial charge on any atom is -0.306 e. The SMILES string of the molecule is CN(C)[C@H]1Cc2ccccc2[C@H](c2cccc(-c3ccccc3)c2)C1.Cl. The quantitative estimate of drug-likeness (QED) is 0.569. The van der Waals surface area contributed by atoms with Gasteiger partial charge in [0, 0.05) is 12.0 Å². The highest BCUT2D eigenvalue weighted by molar-refractivity contribution is 5.85. The summed E-state index contributed by atoms with van der Waals surface area (Å²) in [5.41, 5.74) is 7.04. The molecule has 3 aromatic carbocycles. The Bertz CT molecular complexity index is 857. The van der Waals surface area contributed by atoms with E-state index in [1.807, 2.05) is 0 Å². The summed E-state index contributed by atoms with van der Waals surface area (Å²) >= 11 is 0. The zero-order valence-electron chi connectivity index (χ0n) is 15.4. The maximum Gasteiger partial charge on any atom is 0.0139 e. The first-order chi connectivity index (χ1) is 12.2. The summed E-state index contributed by atoms with van der Waals surface area (Å²) in [5.74, 6) is 0.473. The largest absolute Gasteiger partial charge is 0.306 e. The van der Waals surface area contributed by atoms with Crippen molar-refractivity contribution in [3.63, 3.8) is 0 Å². The van der Waals surface area contributed by atoms with Gasteiger partial charge in [-0.15, -0.1) is 12.4 Å². The number of benzene rings is 3. The second-order valence-corrected chi connectivity index (χ2v) is 7.30. The van der Waals surface area contributed by atoms with E-state index in [0.29, 0.717) is 12.0 Å². The lowest BCUT2D eigenvalue weighted by Gasteiger charge is -2.35. The van der Waals surface area contributed by atoms with Crippen LogP contribution in [0.15, 0.2) is 78.9 Å². The van der Waals surface area contributed by atoms with Crippen molar-refractivity contribution in [1.82, 2.24) is 4.90 Å². The number of likely N-dealkylation sites (N-methyl/N-ethyl adjacent to an activating group) is 1. The van der Waals surface area contributed by atoms with Gasteiger partial charge in [-0.3, -0.25) is 0 Å². The molecule has 1 nitrogen and oxygen atoms in total. The van der Waals surface area contributed by atoms with E-state index >= 15 is 0 Å². The van der Waals surface area contributed by atoms with Crippen LogP contribution in [0.1, 0.15) is 29.0 Å². The zero-order valence-corrected chi connectivity index (χ0v) is 16.2. The standard InChI is InChI=1S/C24H25N.ClH/c1-25(2)22-16-21-11-6-7-14-23(21)24(17-22)20-13-8-12-19(15-20)18-9-4-3-5-10-18;/h3-15,22,24H,16-17H2,1-2H3;1H/t22-,24-;/m0./s1. The highest BCUT2D eigenvalue weighted by Crippen LogP contribution is 2.39. The van der Waals surface area contributed by atoms with Gasteiger partial charge < -0.3 is 4.90 Å². The summed E-state index contributed by atoms with van der Waals surface area (Å²) in [4.78, 5) is 2.38. The molecule has 134 valence electrons. The second kappa shape index (κ2) is 8.07. The summed E-state index contributed by atoms with van der Waals surface area (Å²) in [5, 5.41) is 0. The molecule has 0 heterocycles. The van der Waals surface area contributed by atoms with Gasteiger partial charge in [0.1, 0.15) is 0 Å². The Morgan fingerprint density at radius 2 is 1.46 bits per heavy atom. The van der Waals surface area contributed by atoms with Crippen LogP contribution in [0.3, 0.4) is 0 Å². The van der Waals surface area contributed by atoms with Crippen molar-refractivity contribution in [3.05, 3.63) is 95.6 Å². The molecule has 0 aromatic heterocycles. The van der Waals surface area contributed by atoms with Gasteiger partial charge in [-0.1, -0.05) is 78.9 Å². The van der Waals surface area contributed by atoms with Crippen LogP contribution in [0.25, 0.3) is 11.1 Å². The fourth-order valence-electron chi connectivity index (χ4n) is 4.07. The molecule has 0 N–H and O–H groups in total. The average molecular weight is 364 g/mol. The maximum atomic E-state index is 2.38. The molecule has 1 aliphatic rings. The molecule has 0 unspecified atom stereocenters. The van der Waals surface area contributed by atoms with E-state index in [1.54, 1.807) is 0 Å². The molecule has 1 aliphatic carbocycles. The molecule has 3 aromatic rings. The Morgan fingerprint density at radius 1 is 0.769 bits per heavy atom. The third-order valence-corrected chi connectivity index (χ3v) is 5.52. The molecule has 0 amide bonds. The summed E-state index contributed by atoms with van der Waals surface area (Å²) in [7, 11) is 4.41. The second-order valence-electron chi connectivity index (χ2n) is 7.30. The molecule has 0 bridgehead atoms. The monoisotopic (exact) mass is 363 g/mol. The normalized spacial score (nSPS) is 18.9. The number of halogens is 1. The lowest BCUT2D eigenvalue weighted by molar-refractivity contribution is 0.258. The van der Waals surface area contributed by atoms with Crippen LogP contribution >= 0.6 is 12.4 Å². The Hall–Kier alpha value is -2.09. The maximum absolute atomic E-state index is 2.38. The minimum absolute atomic E-state index is 0. The van der Waals surface area contributed by atoms with Gasteiger partial charge >= 0.3 is 0 Å². The predicted molar refractivity (Wildman–Crippen MR) is 113 cm³/mol. The molecular weight excluding hydrogens is 338 g/mol. The van der Waals surface area contributed by atoms with Crippen molar-refractivity contribution < 1.29 is 0 Å². The van der Waals surface area contributed by atoms with Gasteiger partial charge in [0.15, 0.2) is 0 Å². The fourth-order valence-corrected chi connectivity index (χ4v) is 4.07. The molecule has 0 saturated heterocycles. The molecule has 4 rings (SSSR count). The molecule has 0 spiro atoms. The molecule has 0 saturated carbocycles. The molecule has 26 heavy (non-hydrogen) atoms. The van der Waals surface area contributed by atoms with E-state index < -0.39 is 0 Å². The van der Waals surface area contributed by atoms with Crippen LogP contribution in [-0.4, -0.2) is 25.0 Å². The Labute approximate surface area is 163 Å². The predicted octanol–water partition coefficient (Wildman–Crippen LogP) is 5.78. The van der Waals surface area contributed by atoms with Crippen molar-refractivity contribution in [2.24, 2.45) is 0 Å². The molecular formula is C24H26ClN. The van der Waals surface area contributed by atoms with Crippen LogP contribution in [0.5, 0.6) is 0 Å². The highest BCUT2D eigenvalue weighted by Gasteiger charge is 2.28. The molecule has 0 radical (unpaired) electrons. The van der Waals surface area contributed by atoms with Crippen molar-refractivity contribution in [2.45, 2.75) is 24.8 Å². The van der Waals surface area contributed by atoms with Crippen LogP contribution in [-0.2, 0) is 6.42 Å². The molecule has 2 heteroatoms. The first-order valence-electron chi connectivity index (χ1n) is 9.12. The molecule has 2 atom stereocenters. The first kappa shape index (κ1) is 18.7. The minimum atomic E-state index is 0.